The van der Waals surface area contributed by atoms with Crippen molar-refractivity contribution < 1.29 is 0 Å². The molecule has 0 bridgehead atoms. The van der Waals surface area contributed by atoms with Gasteiger partial charge in [0.1, 0.15) is 5.65 Å². The average molecular weight is 398 g/mol. The molecule has 0 spiro atoms. The van der Waals surface area contributed by atoms with Crippen LogP contribution in [-0.4, -0.2) is 18.9 Å². The van der Waals surface area contributed by atoms with E-state index in [1.165, 1.54) is 0 Å². The first-order valence-corrected chi connectivity index (χ1v) is 10.3. The molecule has 0 fully saturated rings. The highest BCUT2D eigenvalue weighted by Crippen LogP contribution is 2.29. The largest absolute Gasteiger partial charge is 0.287 e. The topological polar surface area (TPSA) is 52.2 Å². The fourth-order valence-corrected chi connectivity index (χ4v) is 4.32. The van der Waals surface area contributed by atoms with E-state index in [1.807, 2.05) is 61.7 Å². The summed E-state index contributed by atoms with van der Waals surface area (Å²) in [6.45, 7) is 1.96. The van der Waals surface area contributed by atoms with E-state index in [1.54, 1.807) is 22.2 Å². The van der Waals surface area contributed by atoms with Gasteiger partial charge >= 0.3 is 0 Å². The highest BCUT2D eigenvalue weighted by Gasteiger charge is 2.13. The van der Waals surface area contributed by atoms with Crippen LogP contribution in [0.2, 0.25) is 0 Å². The molecule has 29 heavy (non-hydrogen) atoms. The van der Waals surface area contributed by atoms with Gasteiger partial charge in [0.2, 0.25) is 0 Å². The monoisotopic (exact) mass is 398 g/mol. The quantitative estimate of drug-likeness (QED) is 0.414. The average Bonchev–Trinajstić information content (AvgIpc) is 3.12. The van der Waals surface area contributed by atoms with Crippen LogP contribution in [-0.2, 0) is 5.75 Å². The van der Waals surface area contributed by atoms with E-state index in [2.05, 4.69) is 27.8 Å². The first kappa shape index (κ1) is 17.7. The van der Waals surface area contributed by atoms with Crippen molar-refractivity contribution in [2.24, 2.45) is 0 Å². The van der Waals surface area contributed by atoms with E-state index in [0.29, 0.717) is 11.4 Å². The zero-order valence-electron chi connectivity index (χ0n) is 15.8. The van der Waals surface area contributed by atoms with Gasteiger partial charge in [0.25, 0.3) is 5.56 Å². The Kier molecular flexibility index (Phi) is 4.41. The lowest BCUT2D eigenvalue weighted by molar-refractivity contribution is 0.917. The molecule has 0 unspecified atom stereocenters. The van der Waals surface area contributed by atoms with Crippen molar-refractivity contribution in [3.8, 4) is 5.69 Å². The molecule has 0 radical (unpaired) electrons. The third kappa shape index (κ3) is 3.32. The van der Waals surface area contributed by atoms with Gasteiger partial charge in [0.05, 0.1) is 16.7 Å². The Balaban J connectivity index is 1.54. The second kappa shape index (κ2) is 7.22. The number of hydrogen-bond acceptors (Lipinski definition) is 4. The summed E-state index contributed by atoms with van der Waals surface area (Å²) < 4.78 is 3.74. The van der Waals surface area contributed by atoms with Crippen LogP contribution in [0.3, 0.4) is 0 Å². The summed E-state index contributed by atoms with van der Waals surface area (Å²) in [5.74, 6) is 0.565. The Hall–Kier alpha value is -3.38. The van der Waals surface area contributed by atoms with Gasteiger partial charge in [-0.25, -0.2) is 9.97 Å². The fraction of sp³-hybridized carbons (Fsp3) is 0.0870. The van der Waals surface area contributed by atoms with Crippen LogP contribution in [0.15, 0.2) is 88.9 Å². The summed E-state index contributed by atoms with van der Waals surface area (Å²) in [7, 11) is 0. The molecule has 3 heterocycles. The molecule has 3 aromatic heterocycles. The molecule has 5 rings (SSSR count). The molecule has 0 saturated heterocycles. The van der Waals surface area contributed by atoms with Crippen LogP contribution in [0.5, 0.6) is 0 Å². The summed E-state index contributed by atoms with van der Waals surface area (Å²) >= 11 is 1.58. The van der Waals surface area contributed by atoms with Gasteiger partial charge < -0.3 is 0 Å². The molecular formula is C23H18N4OS. The maximum absolute atomic E-state index is 12.5. The fourth-order valence-electron chi connectivity index (χ4n) is 3.40. The van der Waals surface area contributed by atoms with Crippen LogP contribution in [0.25, 0.3) is 22.4 Å². The number of nitrogens with zero attached hydrogens (tertiary/aromatic N) is 4. The summed E-state index contributed by atoms with van der Waals surface area (Å²) in [5, 5.41) is 0.878. The third-order valence-electron chi connectivity index (χ3n) is 4.75. The second-order valence-corrected chi connectivity index (χ2v) is 7.81. The van der Waals surface area contributed by atoms with Crippen LogP contribution in [0, 0.1) is 6.92 Å². The number of para-hydroxylation sites is 3. The lowest BCUT2D eigenvalue weighted by atomic mass is 10.3. The number of hydrogen-bond donors (Lipinski definition) is 0. The molecule has 0 saturated carbocycles. The highest BCUT2D eigenvalue weighted by atomic mass is 32.2. The molecule has 0 amide bonds. The third-order valence-corrected chi connectivity index (χ3v) is 5.73. The van der Waals surface area contributed by atoms with E-state index in [4.69, 9.17) is 4.98 Å². The summed E-state index contributed by atoms with van der Waals surface area (Å²) in [6, 6.07) is 23.7. The molecule has 6 heteroatoms. The minimum atomic E-state index is -0.0640. The number of pyridine rings is 1. The van der Waals surface area contributed by atoms with Crippen LogP contribution in [0.1, 0.15) is 11.3 Å². The smallest absolute Gasteiger partial charge is 0.258 e. The lowest BCUT2D eigenvalue weighted by Crippen LogP contribution is -2.15. The van der Waals surface area contributed by atoms with Crippen molar-refractivity contribution in [2.75, 3.05) is 0 Å². The highest BCUT2D eigenvalue weighted by molar-refractivity contribution is 7.98. The minimum Gasteiger partial charge on any atom is -0.287 e. The number of aromatic nitrogens is 4. The lowest BCUT2D eigenvalue weighted by Gasteiger charge is -2.09. The summed E-state index contributed by atoms with van der Waals surface area (Å²) in [5.41, 5.74) is 5.44. The van der Waals surface area contributed by atoms with E-state index < -0.39 is 0 Å². The summed E-state index contributed by atoms with van der Waals surface area (Å²) in [4.78, 5) is 22.0. The van der Waals surface area contributed by atoms with E-state index >= 15 is 0 Å². The van der Waals surface area contributed by atoms with Crippen molar-refractivity contribution in [1.82, 2.24) is 18.9 Å². The Bertz CT molecular complexity index is 1390. The second-order valence-electron chi connectivity index (χ2n) is 6.86. The molecule has 0 atom stereocenters. The van der Waals surface area contributed by atoms with Gasteiger partial charge in [0, 0.05) is 23.7 Å². The molecule has 142 valence electrons. The minimum absolute atomic E-state index is 0.0640. The Labute approximate surface area is 171 Å². The van der Waals surface area contributed by atoms with Crippen LogP contribution >= 0.6 is 11.8 Å². The maximum Gasteiger partial charge on any atom is 0.258 e. The number of imidazole rings is 1. The standard InChI is InChI=1S/C23H18N4OS/c1-16-11-12-21-24-17(13-22(28)26(21)14-16)15-29-23-25-19-9-5-6-10-20(19)27(23)18-7-3-2-4-8-18/h2-14H,15H2,1H3. The molecular weight excluding hydrogens is 380 g/mol. The van der Waals surface area contributed by atoms with Gasteiger partial charge in [-0.3, -0.25) is 13.8 Å². The Morgan fingerprint density at radius 2 is 1.72 bits per heavy atom. The van der Waals surface area contributed by atoms with Gasteiger partial charge in [-0.05, 0) is 42.8 Å². The van der Waals surface area contributed by atoms with Gasteiger partial charge in [-0.1, -0.05) is 48.2 Å². The normalized spacial score (nSPS) is 11.3. The Morgan fingerprint density at radius 1 is 0.931 bits per heavy atom. The Morgan fingerprint density at radius 3 is 2.59 bits per heavy atom. The molecule has 2 aromatic carbocycles. The molecule has 5 nitrogen and oxygen atoms in total. The SMILES string of the molecule is Cc1ccc2nc(CSc3nc4ccccc4n3-c3ccccc3)cc(=O)n2c1. The molecule has 0 aliphatic heterocycles. The van der Waals surface area contributed by atoms with Gasteiger partial charge in [-0.2, -0.15) is 0 Å². The number of aryl methyl sites for hydroxylation is 1. The number of thioether (sulfide) groups is 1. The van der Waals surface area contributed by atoms with Gasteiger partial charge in [-0.15, -0.1) is 0 Å². The van der Waals surface area contributed by atoms with Crippen molar-refractivity contribution >= 4 is 28.4 Å². The van der Waals surface area contributed by atoms with Gasteiger partial charge in [0.15, 0.2) is 5.16 Å². The van der Waals surface area contributed by atoms with Crippen molar-refractivity contribution in [2.45, 2.75) is 17.8 Å². The first-order chi connectivity index (χ1) is 14.2. The van der Waals surface area contributed by atoms with E-state index in [9.17, 15) is 4.79 Å². The zero-order valence-corrected chi connectivity index (χ0v) is 16.6. The first-order valence-electron chi connectivity index (χ1n) is 9.34. The van der Waals surface area contributed by atoms with Crippen LogP contribution < -0.4 is 5.56 Å². The molecule has 0 N–H and O–H groups in total. The predicted octanol–water partition coefficient (Wildman–Crippen LogP) is 4.63. The van der Waals surface area contributed by atoms with E-state index in [0.717, 1.165) is 33.1 Å². The number of rotatable bonds is 4. The predicted molar refractivity (Wildman–Crippen MR) is 117 cm³/mol. The molecule has 0 aliphatic rings. The summed E-state index contributed by atoms with van der Waals surface area (Å²) in [6.07, 6.45) is 1.82. The molecule has 0 aliphatic carbocycles. The van der Waals surface area contributed by atoms with E-state index in [-0.39, 0.29) is 5.56 Å². The van der Waals surface area contributed by atoms with Crippen molar-refractivity contribution in [3.05, 3.63) is 101 Å². The van der Waals surface area contributed by atoms with Crippen molar-refractivity contribution in [1.29, 1.82) is 0 Å². The van der Waals surface area contributed by atoms with Crippen LogP contribution in [0.4, 0.5) is 0 Å². The molecule has 5 aromatic rings. The number of benzene rings is 2. The maximum atomic E-state index is 12.5. The zero-order chi connectivity index (χ0) is 19.8. The van der Waals surface area contributed by atoms with Crippen molar-refractivity contribution in [3.63, 3.8) is 0 Å². The number of fused-ring (bicyclic) bond motifs is 2.